The van der Waals surface area contributed by atoms with Gasteiger partial charge in [-0.05, 0) is 30.2 Å². The van der Waals surface area contributed by atoms with Crippen molar-refractivity contribution in [2.45, 2.75) is 12.8 Å². The number of anilines is 1. The molecule has 39 heavy (non-hydrogen) atoms. The van der Waals surface area contributed by atoms with E-state index >= 15 is 0 Å². The van der Waals surface area contributed by atoms with Gasteiger partial charge in [0.25, 0.3) is 0 Å². The van der Waals surface area contributed by atoms with E-state index in [1.165, 1.54) is 0 Å². The summed E-state index contributed by atoms with van der Waals surface area (Å²) in [6, 6.07) is 40.7. The zero-order valence-electron chi connectivity index (χ0n) is 21.8. The normalized spacial score (nSPS) is 10.8. The van der Waals surface area contributed by atoms with Crippen LogP contribution in [0.2, 0.25) is 0 Å². The lowest BCUT2D eigenvalue weighted by molar-refractivity contribution is -0.135. The second-order valence-electron chi connectivity index (χ2n) is 9.18. The first kappa shape index (κ1) is 25.7. The van der Waals surface area contributed by atoms with E-state index < -0.39 is 5.92 Å². The Hall–Kier alpha value is -4.97. The fraction of sp³-hybridized carbons (Fsp3) is 0.121. The Bertz CT molecular complexity index is 1480. The van der Waals surface area contributed by atoms with Crippen LogP contribution >= 0.6 is 0 Å². The standard InChI is InChI=1S/C33H30N4O2/c1-2-36(33(39)32(26-17-9-4-10-18-26)27-19-11-5-12-20-27)24-31(38)34-30-23-29(25-15-7-3-8-16-25)35-37(30)28-21-13-6-14-22-28/h3-23,32H,2,24H2,1H3,(H,34,38). The molecular weight excluding hydrogens is 484 g/mol. The van der Waals surface area contributed by atoms with E-state index in [0.29, 0.717) is 12.4 Å². The average molecular weight is 515 g/mol. The van der Waals surface area contributed by atoms with Crippen LogP contribution in [0.5, 0.6) is 0 Å². The molecule has 2 amide bonds. The molecule has 6 nitrogen and oxygen atoms in total. The Balaban J connectivity index is 1.40. The molecule has 0 fully saturated rings. The summed E-state index contributed by atoms with van der Waals surface area (Å²) in [5, 5.41) is 7.77. The van der Waals surface area contributed by atoms with Crippen LogP contribution in [0.25, 0.3) is 16.9 Å². The average Bonchev–Trinajstić information content (AvgIpc) is 3.41. The zero-order chi connectivity index (χ0) is 27.0. The topological polar surface area (TPSA) is 67.2 Å². The third-order valence-corrected chi connectivity index (χ3v) is 6.59. The van der Waals surface area contributed by atoms with Crippen LogP contribution in [0.15, 0.2) is 127 Å². The lowest BCUT2D eigenvalue weighted by atomic mass is 9.90. The van der Waals surface area contributed by atoms with E-state index in [4.69, 9.17) is 5.10 Å². The third kappa shape index (κ3) is 5.96. The minimum absolute atomic E-state index is 0.0772. The lowest BCUT2D eigenvalue weighted by Gasteiger charge is -2.26. The summed E-state index contributed by atoms with van der Waals surface area (Å²) in [5.74, 6) is -0.371. The molecule has 5 aromatic rings. The van der Waals surface area contributed by atoms with Crippen molar-refractivity contribution in [3.05, 3.63) is 139 Å². The van der Waals surface area contributed by atoms with E-state index in [0.717, 1.165) is 28.1 Å². The van der Waals surface area contributed by atoms with Gasteiger partial charge in [0, 0.05) is 18.2 Å². The van der Waals surface area contributed by atoms with Crippen LogP contribution < -0.4 is 5.32 Å². The van der Waals surface area contributed by atoms with Crippen molar-refractivity contribution in [3.63, 3.8) is 0 Å². The number of nitrogens with zero attached hydrogens (tertiary/aromatic N) is 3. The van der Waals surface area contributed by atoms with Gasteiger partial charge in [-0.15, -0.1) is 0 Å². The molecule has 194 valence electrons. The van der Waals surface area contributed by atoms with Crippen LogP contribution in [0.3, 0.4) is 0 Å². The molecule has 0 unspecified atom stereocenters. The molecule has 4 aromatic carbocycles. The van der Waals surface area contributed by atoms with Crippen LogP contribution in [0.1, 0.15) is 24.0 Å². The Morgan fingerprint density at radius 2 is 1.28 bits per heavy atom. The van der Waals surface area contributed by atoms with Crippen LogP contribution in [0, 0.1) is 0 Å². The molecule has 5 rings (SSSR count). The maximum absolute atomic E-state index is 13.9. The fourth-order valence-corrected chi connectivity index (χ4v) is 4.64. The highest BCUT2D eigenvalue weighted by Gasteiger charge is 2.28. The Labute approximate surface area is 228 Å². The van der Waals surface area contributed by atoms with Crippen molar-refractivity contribution in [1.82, 2.24) is 14.7 Å². The monoisotopic (exact) mass is 514 g/mol. The summed E-state index contributed by atoms with van der Waals surface area (Å²) in [6.07, 6.45) is 0. The number of para-hydroxylation sites is 1. The number of rotatable bonds is 9. The minimum Gasteiger partial charge on any atom is -0.333 e. The van der Waals surface area contributed by atoms with Gasteiger partial charge in [0.05, 0.1) is 23.8 Å². The summed E-state index contributed by atoms with van der Waals surface area (Å²) in [6.45, 7) is 2.21. The van der Waals surface area contributed by atoms with Gasteiger partial charge in [-0.3, -0.25) is 9.59 Å². The molecule has 0 bridgehead atoms. The van der Waals surface area contributed by atoms with Crippen molar-refractivity contribution in [1.29, 1.82) is 0 Å². The number of benzene rings is 4. The maximum atomic E-state index is 13.9. The van der Waals surface area contributed by atoms with Crippen molar-refractivity contribution in [2.75, 3.05) is 18.4 Å². The number of amides is 2. The SMILES string of the molecule is CCN(CC(=O)Nc1cc(-c2ccccc2)nn1-c1ccccc1)C(=O)C(c1ccccc1)c1ccccc1. The Morgan fingerprint density at radius 3 is 1.82 bits per heavy atom. The quantitative estimate of drug-likeness (QED) is 0.256. The van der Waals surface area contributed by atoms with E-state index in [1.807, 2.05) is 134 Å². The number of hydrogen-bond donors (Lipinski definition) is 1. The highest BCUT2D eigenvalue weighted by Crippen LogP contribution is 2.28. The fourth-order valence-electron chi connectivity index (χ4n) is 4.64. The molecule has 0 aliphatic rings. The van der Waals surface area contributed by atoms with E-state index in [-0.39, 0.29) is 18.4 Å². The second kappa shape index (κ2) is 12.0. The van der Waals surface area contributed by atoms with Gasteiger partial charge in [-0.1, -0.05) is 109 Å². The number of carbonyl (C=O) groups is 2. The highest BCUT2D eigenvalue weighted by molar-refractivity contribution is 5.96. The van der Waals surface area contributed by atoms with Crippen LogP contribution in [0.4, 0.5) is 5.82 Å². The summed E-state index contributed by atoms with van der Waals surface area (Å²) in [7, 11) is 0. The third-order valence-electron chi connectivity index (χ3n) is 6.59. The van der Waals surface area contributed by atoms with Gasteiger partial charge in [-0.25, -0.2) is 4.68 Å². The zero-order valence-corrected chi connectivity index (χ0v) is 21.8. The molecule has 0 atom stereocenters. The predicted molar refractivity (Wildman–Crippen MR) is 155 cm³/mol. The van der Waals surface area contributed by atoms with E-state index in [9.17, 15) is 9.59 Å². The molecule has 0 radical (unpaired) electrons. The van der Waals surface area contributed by atoms with Gasteiger partial charge >= 0.3 is 0 Å². The summed E-state index contributed by atoms with van der Waals surface area (Å²) < 4.78 is 1.72. The summed E-state index contributed by atoms with van der Waals surface area (Å²) in [4.78, 5) is 28.8. The minimum atomic E-state index is -0.500. The first-order valence-corrected chi connectivity index (χ1v) is 13.0. The first-order chi connectivity index (χ1) is 19.1. The number of likely N-dealkylation sites (N-methyl/N-ethyl adjacent to an activating group) is 1. The van der Waals surface area contributed by atoms with Crippen molar-refractivity contribution >= 4 is 17.6 Å². The smallest absolute Gasteiger partial charge is 0.245 e. The number of hydrogen-bond acceptors (Lipinski definition) is 3. The number of carbonyl (C=O) groups excluding carboxylic acids is 2. The molecule has 0 saturated heterocycles. The van der Waals surface area contributed by atoms with Gasteiger partial charge < -0.3 is 10.2 Å². The molecule has 0 spiro atoms. The van der Waals surface area contributed by atoms with Crippen LogP contribution in [-0.4, -0.2) is 39.6 Å². The molecule has 1 N–H and O–H groups in total. The Kier molecular flexibility index (Phi) is 7.93. The van der Waals surface area contributed by atoms with Crippen molar-refractivity contribution in [2.24, 2.45) is 0 Å². The molecule has 0 aliphatic carbocycles. The molecule has 0 aliphatic heterocycles. The lowest BCUT2D eigenvalue weighted by Crippen LogP contribution is -2.41. The molecule has 1 aromatic heterocycles. The van der Waals surface area contributed by atoms with Gasteiger partial charge in [0.15, 0.2) is 0 Å². The molecule has 0 saturated carbocycles. The predicted octanol–water partition coefficient (Wildman–Crippen LogP) is 6.16. The van der Waals surface area contributed by atoms with E-state index in [2.05, 4.69) is 5.32 Å². The number of aromatic nitrogens is 2. The maximum Gasteiger partial charge on any atom is 0.245 e. The van der Waals surface area contributed by atoms with Crippen molar-refractivity contribution in [3.8, 4) is 16.9 Å². The number of nitrogens with one attached hydrogen (secondary N) is 1. The molecular formula is C33H30N4O2. The molecule has 6 heteroatoms. The Morgan fingerprint density at radius 1 is 0.769 bits per heavy atom. The highest BCUT2D eigenvalue weighted by atomic mass is 16.2. The van der Waals surface area contributed by atoms with Crippen molar-refractivity contribution < 1.29 is 9.59 Å². The second-order valence-corrected chi connectivity index (χ2v) is 9.18. The van der Waals surface area contributed by atoms with Crippen LogP contribution in [-0.2, 0) is 9.59 Å². The van der Waals surface area contributed by atoms with Gasteiger partial charge in [0.2, 0.25) is 11.8 Å². The summed E-state index contributed by atoms with van der Waals surface area (Å²) >= 11 is 0. The van der Waals surface area contributed by atoms with Gasteiger partial charge in [0.1, 0.15) is 5.82 Å². The summed E-state index contributed by atoms with van der Waals surface area (Å²) in [5.41, 5.74) is 4.30. The largest absolute Gasteiger partial charge is 0.333 e. The van der Waals surface area contributed by atoms with Gasteiger partial charge in [-0.2, -0.15) is 5.10 Å². The first-order valence-electron chi connectivity index (χ1n) is 13.0. The molecule has 1 heterocycles. The van der Waals surface area contributed by atoms with E-state index in [1.54, 1.807) is 9.58 Å².